The number of rotatable bonds is 4. The summed E-state index contributed by atoms with van der Waals surface area (Å²) in [5.74, 6) is -0.598. The van der Waals surface area contributed by atoms with Gasteiger partial charge in [-0.3, -0.25) is 10.1 Å². The van der Waals surface area contributed by atoms with Gasteiger partial charge in [0.25, 0.3) is 0 Å². The predicted molar refractivity (Wildman–Crippen MR) is 77.7 cm³/mol. The number of aliphatic carboxylic acids is 1. The number of carboxylic acids is 1. The Balaban J connectivity index is 2.40. The van der Waals surface area contributed by atoms with Crippen molar-refractivity contribution in [3.05, 3.63) is 27.4 Å². The standard InChI is InChI=1S/C13H16ClN3O4/c1-2-8-3-4-16(11(5-8)13(18)19)12-10(17(20)21)6-9(14)7-15-12/h6-8,11H,2-5H2,1H3,(H,18,19). The second-order valence-corrected chi connectivity index (χ2v) is 5.54. The molecule has 2 rings (SSSR count). The number of carboxylic acid groups (broad SMARTS) is 1. The third-order valence-corrected chi connectivity index (χ3v) is 4.06. The summed E-state index contributed by atoms with van der Waals surface area (Å²) in [5, 5.41) is 20.7. The lowest BCUT2D eigenvalue weighted by atomic mass is 9.89. The maximum atomic E-state index is 11.5. The molecule has 2 unspecified atom stereocenters. The summed E-state index contributed by atoms with van der Waals surface area (Å²) in [6, 6.07) is 0.408. The number of nitro groups is 1. The second kappa shape index (κ2) is 6.26. The van der Waals surface area contributed by atoms with E-state index in [1.807, 2.05) is 6.92 Å². The molecule has 0 aromatic carbocycles. The van der Waals surface area contributed by atoms with Gasteiger partial charge in [0.1, 0.15) is 6.04 Å². The first kappa shape index (κ1) is 15.5. The van der Waals surface area contributed by atoms with Crippen molar-refractivity contribution >= 4 is 29.1 Å². The summed E-state index contributed by atoms with van der Waals surface area (Å²) >= 11 is 5.74. The molecule has 1 aromatic rings. The van der Waals surface area contributed by atoms with Crippen LogP contribution in [0.4, 0.5) is 11.5 Å². The molecule has 1 aliphatic heterocycles. The molecule has 0 spiro atoms. The lowest BCUT2D eigenvalue weighted by Gasteiger charge is -2.37. The molecule has 114 valence electrons. The Hall–Kier alpha value is -1.89. The van der Waals surface area contributed by atoms with Gasteiger partial charge in [-0.2, -0.15) is 0 Å². The van der Waals surface area contributed by atoms with Crippen molar-refractivity contribution in [2.75, 3.05) is 11.4 Å². The summed E-state index contributed by atoms with van der Waals surface area (Å²) in [5.41, 5.74) is -0.260. The molecular weight excluding hydrogens is 298 g/mol. The number of aromatic nitrogens is 1. The van der Waals surface area contributed by atoms with E-state index in [2.05, 4.69) is 4.98 Å². The van der Waals surface area contributed by atoms with E-state index in [4.69, 9.17) is 11.6 Å². The fourth-order valence-electron chi connectivity index (χ4n) is 2.67. The first-order valence-electron chi connectivity index (χ1n) is 6.73. The topological polar surface area (TPSA) is 96.6 Å². The van der Waals surface area contributed by atoms with Crippen LogP contribution >= 0.6 is 11.6 Å². The minimum absolute atomic E-state index is 0.0753. The van der Waals surface area contributed by atoms with E-state index >= 15 is 0 Å². The molecule has 0 aliphatic carbocycles. The lowest BCUT2D eigenvalue weighted by molar-refractivity contribution is -0.384. The van der Waals surface area contributed by atoms with Crippen molar-refractivity contribution in [3.63, 3.8) is 0 Å². The van der Waals surface area contributed by atoms with Crippen molar-refractivity contribution in [3.8, 4) is 0 Å². The van der Waals surface area contributed by atoms with Gasteiger partial charge >= 0.3 is 11.7 Å². The maximum Gasteiger partial charge on any atom is 0.326 e. The van der Waals surface area contributed by atoms with Crippen LogP contribution in [0.3, 0.4) is 0 Å². The number of hydrogen-bond donors (Lipinski definition) is 1. The zero-order valence-corrected chi connectivity index (χ0v) is 12.3. The predicted octanol–water partition coefficient (Wildman–Crippen LogP) is 2.72. The van der Waals surface area contributed by atoms with Gasteiger partial charge in [-0.1, -0.05) is 24.9 Å². The van der Waals surface area contributed by atoms with Crippen LogP contribution in [0.25, 0.3) is 0 Å². The smallest absolute Gasteiger partial charge is 0.326 e. The molecule has 2 heterocycles. The minimum Gasteiger partial charge on any atom is -0.480 e. The van der Waals surface area contributed by atoms with Crippen LogP contribution in [-0.2, 0) is 4.79 Å². The van der Waals surface area contributed by atoms with E-state index < -0.39 is 16.9 Å². The van der Waals surface area contributed by atoms with Gasteiger partial charge in [0.15, 0.2) is 0 Å². The Morgan fingerprint density at radius 1 is 1.67 bits per heavy atom. The average Bonchev–Trinajstić information content (AvgIpc) is 2.46. The van der Waals surface area contributed by atoms with E-state index in [9.17, 15) is 20.0 Å². The Morgan fingerprint density at radius 3 is 2.95 bits per heavy atom. The third kappa shape index (κ3) is 3.24. The highest BCUT2D eigenvalue weighted by Gasteiger charge is 2.36. The molecule has 1 aliphatic rings. The van der Waals surface area contributed by atoms with Gasteiger partial charge in [0.05, 0.1) is 9.95 Å². The molecule has 0 amide bonds. The Bertz CT molecular complexity index is 566. The van der Waals surface area contributed by atoms with Gasteiger partial charge in [0.2, 0.25) is 5.82 Å². The highest BCUT2D eigenvalue weighted by Crippen LogP contribution is 2.35. The van der Waals surface area contributed by atoms with Crippen LogP contribution in [0, 0.1) is 16.0 Å². The van der Waals surface area contributed by atoms with Crippen molar-refractivity contribution in [1.29, 1.82) is 0 Å². The molecular formula is C13H16ClN3O4. The fourth-order valence-corrected chi connectivity index (χ4v) is 2.83. The molecule has 0 radical (unpaired) electrons. The minimum atomic E-state index is -0.987. The number of hydrogen-bond acceptors (Lipinski definition) is 5. The zero-order valence-electron chi connectivity index (χ0n) is 11.5. The number of nitrogens with zero attached hydrogens (tertiary/aromatic N) is 3. The molecule has 2 atom stereocenters. The summed E-state index contributed by atoms with van der Waals surface area (Å²) in [4.78, 5) is 27.5. The van der Waals surface area contributed by atoms with Crippen LogP contribution in [0.2, 0.25) is 5.02 Å². The first-order chi connectivity index (χ1) is 9.93. The van der Waals surface area contributed by atoms with E-state index in [-0.39, 0.29) is 16.5 Å². The van der Waals surface area contributed by atoms with Crippen LogP contribution in [0.15, 0.2) is 12.3 Å². The van der Waals surface area contributed by atoms with Crippen LogP contribution < -0.4 is 4.90 Å². The van der Waals surface area contributed by atoms with Gasteiger partial charge in [-0.25, -0.2) is 9.78 Å². The fraction of sp³-hybridized carbons (Fsp3) is 0.538. The molecule has 1 saturated heterocycles. The number of anilines is 1. The summed E-state index contributed by atoms with van der Waals surface area (Å²) in [6.45, 7) is 2.45. The zero-order chi connectivity index (χ0) is 15.6. The highest BCUT2D eigenvalue weighted by atomic mass is 35.5. The Kier molecular flexibility index (Phi) is 4.62. The van der Waals surface area contributed by atoms with Gasteiger partial charge in [0, 0.05) is 18.8 Å². The quantitative estimate of drug-likeness (QED) is 0.678. The Morgan fingerprint density at radius 2 is 2.38 bits per heavy atom. The first-order valence-corrected chi connectivity index (χ1v) is 7.11. The lowest BCUT2D eigenvalue weighted by Crippen LogP contribution is -2.47. The van der Waals surface area contributed by atoms with Crippen molar-refractivity contribution in [2.45, 2.75) is 32.2 Å². The van der Waals surface area contributed by atoms with Crippen LogP contribution in [-0.4, -0.2) is 33.6 Å². The average molecular weight is 314 g/mol. The van der Waals surface area contributed by atoms with Gasteiger partial charge in [-0.15, -0.1) is 0 Å². The SMILES string of the molecule is CCC1CCN(c2ncc(Cl)cc2[N+](=O)[O-])C(C(=O)O)C1. The normalized spacial score (nSPS) is 22.1. The molecule has 1 aromatic heterocycles. The number of halogens is 1. The number of pyridine rings is 1. The molecule has 21 heavy (non-hydrogen) atoms. The number of piperidine rings is 1. The van der Waals surface area contributed by atoms with Crippen molar-refractivity contribution < 1.29 is 14.8 Å². The van der Waals surface area contributed by atoms with Crippen LogP contribution in [0.5, 0.6) is 0 Å². The monoisotopic (exact) mass is 313 g/mol. The van der Waals surface area contributed by atoms with E-state index in [0.717, 1.165) is 12.8 Å². The molecule has 0 bridgehead atoms. The molecule has 8 heteroatoms. The largest absolute Gasteiger partial charge is 0.480 e. The molecule has 1 N–H and O–H groups in total. The van der Waals surface area contributed by atoms with Crippen LogP contribution in [0.1, 0.15) is 26.2 Å². The summed E-state index contributed by atoms with van der Waals surface area (Å²) in [7, 11) is 0. The molecule has 1 fully saturated rings. The maximum absolute atomic E-state index is 11.5. The molecule has 0 saturated carbocycles. The number of carbonyl (C=O) groups is 1. The summed E-state index contributed by atoms with van der Waals surface area (Å²) in [6.07, 6.45) is 3.46. The van der Waals surface area contributed by atoms with Crippen molar-refractivity contribution in [1.82, 2.24) is 4.98 Å². The van der Waals surface area contributed by atoms with Gasteiger partial charge < -0.3 is 10.0 Å². The second-order valence-electron chi connectivity index (χ2n) is 5.10. The van der Waals surface area contributed by atoms with Crippen molar-refractivity contribution in [2.24, 2.45) is 5.92 Å². The highest BCUT2D eigenvalue weighted by molar-refractivity contribution is 6.30. The third-order valence-electron chi connectivity index (χ3n) is 3.86. The van der Waals surface area contributed by atoms with E-state index in [1.165, 1.54) is 17.2 Å². The van der Waals surface area contributed by atoms with Gasteiger partial charge in [-0.05, 0) is 18.8 Å². The summed E-state index contributed by atoms with van der Waals surface area (Å²) < 4.78 is 0. The molecule has 7 nitrogen and oxygen atoms in total. The van der Waals surface area contributed by atoms with E-state index in [1.54, 1.807) is 0 Å². The Labute approximate surface area is 126 Å². The van der Waals surface area contributed by atoms with E-state index in [0.29, 0.717) is 18.9 Å².